The molecule has 2 heterocycles. The highest BCUT2D eigenvalue weighted by molar-refractivity contribution is 7.15. The number of nitrogens with one attached hydrogen (secondary N) is 1. The van der Waals surface area contributed by atoms with Gasteiger partial charge in [-0.2, -0.15) is 13.2 Å². The molecule has 0 saturated carbocycles. The number of aryl methyl sites for hydroxylation is 2. The van der Waals surface area contributed by atoms with E-state index in [0.29, 0.717) is 37.0 Å². The van der Waals surface area contributed by atoms with Crippen LogP contribution in [0.25, 0.3) is 0 Å². The second kappa shape index (κ2) is 7.85. The number of aromatic nitrogens is 1. The van der Waals surface area contributed by atoms with Crippen LogP contribution in [-0.4, -0.2) is 48.5 Å². The van der Waals surface area contributed by atoms with Crippen LogP contribution in [0.5, 0.6) is 0 Å². The van der Waals surface area contributed by atoms with Crippen molar-refractivity contribution in [1.82, 2.24) is 9.88 Å². The lowest BCUT2D eigenvalue weighted by atomic mass is 10.1. The second-order valence-corrected chi connectivity index (χ2v) is 7.72. The first-order chi connectivity index (χ1) is 12.7. The van der Waals surface area contributed by atoms with Crippen molar-refractivity contribution in [3.63, 3.8) is 0 Å². The smallest absolute Gasteiger partial charge is 0.369 e. The minimum Gasteiger partial charge on any atom is -0.369 e. The average molecular weight is 398 g/mol. The first-order valence-electron chi connectivity index (χ1n) is 8.61. The van der Waals surface area contributed by atoms with Crippen LogP contribution in [0.1, 0.15) is 16.1 Å². The maximum Gasteiger partial charge on any atom is 0.416 e. The van der Waals surface area contributed by atoms with Crippen LogP contribution in [0, 0.1) is 13.8 Å². The highest BCUT2D eigenvalue weighted by Gasteiger charge is 2.31. The predicted octanol–water partition coefficient (Wildman–Crippen LogP) is 3.54. The number of carbonyl (C=O) groups is 1. The van der Waals surface area contributed by atoms with Gasteiger partial charge in [0.05, 0.1) is 17.8 Å². The highest BCUT2D eigenvalue weighted by atomic mass is 32.1. The first-order valence-corrected chi connectivity index (χ1v) is 9.42. The van der Waals surface area contributed by atoms with E-state index in [-0.39, 0.29) is 12.5 Å². The van der Waals surface area contributed by atoms with E-state index in [4.69, 9.17) is 0 Å². The van der Waals surface area contributed by atoms with Gasteiger partial charge in [-0.1, -0.05) is 6.07 Å². The molecule has 1 aliphatic rings. The zero-order valence-corrected chi connectivity index (χ0v) is 16.0. The van der Waals surface area contributed by atoms with Gasteiger partial charge in [-0.15, -0.1) is 11.3 Å². The van der Waals surface area contributed by atoms with Crippen molar-refractivity contribution in [2.75, 3.05) is 42.9 Å². The molecule has 27 heavy (non-hydrogen) atoms. The average Bonchev–Trinajstić information content (AvgIpc) is 2.92. The van der Waals surface area contributed by atoms with Gasteiger partial charge in [-0.3, -0.25) is 9.69 Å². The molecule has 1 fully saturated rings. The van der Waals surface area contributed by atoms with Crippen LogP contribution in [0.15, 0.2) is 24.3 Å². The Kier molecular flexibility index (Phi) is 5.71. The molecular formula is C18H21F3N4OS. The molecule has 1 amide bonds. The van der Waals surface area contributed by atoms with Gasteiger partial charge in [0.1, 0.15) is 0 Å². The summed E-state index contributed by atoms with van der Waals surface area (Å²) in [6, 6.07) is 5.36. The third-order valence-electron chi connectivity index (χ3n) is 4.55. The van der Waals surface area contributed by atoms with Crippen LogP contribution >= 0.6 is 11.3 Å². The predicted molar refractivity (Wildman–Crippen MR) is 100 cm³/mol. The van der Waals surface area contributed by atoms with E-state index in [1.807, 2.05) is 23.6 Å². The minimum atomic E-state index is -4.34. The molecule has 0 aliphatic carbocycles. The van der Waals surface area contributed by atoms with Gasteiger partial charge in [0.15, 0.2) is 5.13 Å². The molecule has 146 valence electrons. The molecule has 9 heteroatoms. The Morgan fingerprint density at radius 3 is 2.52 bits per heavy atom. The third-order valence-corrected chi connectivity index (χ3v) is 5.54. The summed E-state index contributed by atoms with van der Waals surface area (Å²) in [5.74, 6) is -0.128. The van der Waals surface area contributed by atoms with Gasteiger partial charge >= 0.3 is 6.18 Å². The summed E-state index contributed by atoms with van der Waals surface area (Å²) in [5.41, 5.74) is 0.823. The minimum absolute atomic E-state index is 0.128. The summed E-state index contributed by atoms with van der Waals surface area (Å²) in [4.78, 5) is 21.5. The molecular weight excluding hydrogens is 377 g/mol. The molecule has 1 aromatic heterocycles. The largest absolute Gasteiger partial charge is 0.416 e. The summed E-state index contributed by atoms with van der Waals surface area (Å²) < 4.78 is 38.6. The Morgan fingerprint density at radius 1 is 1.22 bits per heavy atom. The fraction of sp³-hybridized carbons (Fsp3) is 0.444. The number of benzene rings is 1. The van der Waals surface area contributed by atoms with Crippen molar-refractivity contribution in [3.8, 4) is 0 Å². The van der Waals surface area contributed by atoms with Gasteiger partial charge in [0.25, 0.3) is 0 Å². The molecule has 0 spiro atoms. The van der Waals surface area contributed by atoms with E-state index in [2.05, 4.69) is 10.3 Å². The zero-order chi connectivity index (χ0) is 19.6. The lowest BCUT2D eigenvalue weighted by Crippen LogP contribution is -2.48. The number of piperazine rings is 1. The Morgan fingerprint density at radius 2 is 1.93 bits per heavy atom. The molecule has 1 saturated heterocycles. The molecule has 1 N–H and O–H groups in total. The van der Waals surface area contributed by atoms with Crippen molar-refractivity contribution >= 4 is 28.1 Å². The topological polar surface area (TPSA) is 48.5 Å². The normalized spacial score (nSPS) is 15.8. The Labute approximate surface area is 159 Å². The van der Waals surface area contributed by atoms with Crippen LogP contribution in [-0.2, 0) is 11.0 Å². The summed E-state index contributed by atoms with van der Waals surface area (Å²) in [6.07, 6.45) is -4.34. The maximum atomic E-state index is 12.9. The fourth-order valence-corrected chi connectivity index (χ4v) is 3.76. The van der Waals surface area contributed by atoms with Gasteiger partial charge in [0, 0.05) is 36.7 Å². The van der Waals surface area contributed by atoms with E-state index < -0.39 is 11.7 Å². The SMILES string of the molecule is Cc1nc(NC(=O)CN2CCN(c3cccc(C(F)(F)F)c3)CC2)sc1C. The number of carbonyl (C=O) groups excluding carboxylic acids is 1. The number of rotatable bonds is 4. The second-order valence-electron chi connectivity index (χ2n) is 6.52. The number of thiazole rings is 1. The van der Waals surface area contributed by atoms with E-state index in [9.17, 15) is 18.0 Å². The zero-order valence-electron chi connectivity index (χ0n) is 15.1. The maximum absolute atomic E-state index is 12.9. The molecule has 0 bridgehead atoms. The Bertz CT molecular complexity index is 794. The van der Waals surface area contributed by atoms with Crippen LogP contribution < -0.4 is 10.2 Å². The van der Waals surface area contributed by atoms with E-state index in [1.54, 1.807) is 6.07 Å². The number of alkyl halides is 3. The van der Waals surface area contributed by atoms with Crippen molar-refractivity contribution < 1.29 is 18.0 Å². The Balaban J connectivity index is 1.52. The molecule has 3 rings (SSSR count). The number of halogens is 3. The fourth-order valence-electron chi connectivity index (χ4n) is 2.93. The summed E-state index contributed by atoms with van der Waals surface area (Å²) in [5, 5.41) is 3.40. The van der Waals surface area contributed by atoms with Gasteiger partial charge in [0.2, 0.25) is 5.91 Å². The number of anilines is 2. The molecule has 1 aromatic carbocycles. The monoisotopic (exact) mass is 398 g/mol. The van der Waals surface area contributed by atoms with Crippen LogP contribution in [0.3, 0.4) is 0 Å². The molecule has 5 nitrogen and oxygen atoms in total. The van der Waals surface area contributed by atoms with Crippen molar-refractivity contribution in [1.29, 1.82) is 0 Å². The summed E-state index contributed by atoms with van der Waals surface area (Å²) >= 11 is 1.44. The molecule has 2 aromatic rings. The lowest BCUT2D eigenvalue weighted by molar-refractivity contribution is -0.137. The molecule has 1 aliphatic heterocycles. The number of amides is 1. The first kappa shape index (κ1) is 19.6. The van der Waals surface area contributed by atoms with E-state index >= 15 is 0 Å². The quantitative estimate of drug-likeness (QED) is 0.856. The van der Waals surface area contributed by atoms with Gasteiger partial charge in [-0.25, -0.2) is 4.98 Å². The highest BCUT2D eigenvalue weighted by Crippen LogP contribution is 2.31. The third kappa shape index (κ3) is 4.98. The van der Waals surface area contributed by atoms with Gasteiger partial charge in [-0.05, 0) is 32.0 Å². The van der Waals surface area contributed by atoms with Gasteiger partial charge < -0.3 is 10.2 Å². The molecule has 0 radical (unpaired) electrons. The summed E-state index contributed by atoms with van der Waals surface area (Å²) in [7, 11) is 0. The Hall–Kier alpha value is -2.13. The van der Waals surface area contributed by atoms with E-state index in [1.165, 1.54) is 23.5 Å². The van der Waals surface area contributed by atoms with E-state index in [0.717, 1.165) is 16.6 Å². The lowest BCUT2D eigenvalue weighted by Gasteiger charge is -2.35. The number of hydrogen-bond acceptors (Lipinski definition) is 5. The number of hydrogen-bond donors (Lipinski definition) is 1. The van der Waals surface area contributed by atoms with Crippen LogP contribution in [0.2, 0.25) is 0 Å². The van der Waals surface area contributed by atoms with Crippen molar-refractivity contribution in [2.45, 2.75) is 20.0 Å². The molecule has 0 atom stereocenters. The van der Waals surface area contributed by atoms with Crippen molar-refractivity contribution in [2.24, 2.45) is 0 Å². The van der Waals surface area contributed by atoms with Crippen molar-refractivity contribution in [3.05, 3.63) is 40.4 Å². The number of nitrogens with zero attached hydrogens (tertiary/aromatic N) is 3. The molecule has 0 unspecified atom stereocenters. The van der Waals surface area contributed by atoms with Crippen LogP contribution in [0.4, 0.5) is 24.0 Å². The standard InChI is InChI=1S/C18H21F3N4OS/c1-12-13(2)27-17(22-12)23-16(26)11-24-6-8-25(9-7-24)15-5-3-4-14(10-15)18(19,20)21/h3-5,10H,6-9,11H2,1-2H3,(H,22,23,26). The summed E-state index contributed by atoms with van der Waals surface area (Å²) in [6.45, 7) is 6.46.